The average Bonchev–Trinajstić information content (AvgIpc) is 2.45. The van der Waals surface area contributed by atoms with Gasteiger partial charge in [-0.25, -0.2) is 8.42 Å². The number of guanidine groups is 1. The van der Waals surface area contributed by atoms with E-state index in [1.807, 2.05) is 4.90 Å². The van der Waals surface area contributed by atoms with Gasteiger partial charge in [0.1, 0.15) is 0 Å². The van der Waals surface area contributed by atoms with Gasteiger partial charge in [0.15, 0.2) is 15.8 Å². The Bertz CT molecular complexity index is 733. The van der Waals surface area contributed by atoms with E-state index in [2.05, 4.69) is 4.99 Å². The number of piperidine rings is 1. The Balaban J connectivity index is 2.59. The summed E-state index contributed by atoms with van der Waals surface area (Å²) >= 11 is 0. The summed E-state index contributed by atoms with van der Waals surface area (Å²) in [6, 6.07) is 4.58. The minimum atomic E-state index is -3.52. The highest BCUT2D eigenvalue weighted by atomic mass is 32.2. The maximum atomic E-state index is 12.3. The number of sulfone groups is 1. The van der Waals surface area contributed by atoms with Crippen LogP contribution in [-0.4, -0.2) is 45.7 Å². The molecular formula is C14H21N5O3S. The Morgan fingerprint density at radius 1 is 1.26 bits per heavy atom. The molecule has 126 valence electrons. The third kappa shape index (κ3) is 3.99. The van der Waals surface area contributed by atoms with Crippen molar-refractivity contribution in [2.75, 3.05) is 24.2 Å². The zero-order valence-corrected chi connectivity index (χ0v) is 13.7. The fourth-order valence-electron chi connectivity index (χ4n) is 2.62. The zero-order chi connectivity index (χ0) is 17.2. The predicted octanol–water partition coefficient (Wildman–Crippen LogP) is -0.569. The van der Waals surface area contributed by atoms with Crippen LogP contribution in [0.3, 0.4) is 0 Å². The molecule has 0 atom stereocenters. The average molecular weight is 339 g/mol. The summed E-state index contributed by atoms with van der Waals surface area (Å²) in [6.45, 7) is 1.13. The standard InChI is InChI=1S/C14H21N5O3S/c1-23(21,22)11-4-2-3-10(13(20)18-14(16)17)12(11)19-7-5-9(15)6-8-19/h2-4,9H,5-8,15H2,1H3,(H4,16,17,18,20). The first-order chi connectivity index (χ1) is 10.7. The number of carbonyl (C=O) groups is 1. The molecule has 23 heavy (non-hydrogen) atoms. The van der Waals surface area contributed by atoms with Crippen molar-refractivity contribution < 1.29 is 13.2 Å². The van der Waals surface area contributed by atoms with Gasteiger partial charge in [0, 0.05) is 25.4 Å². The number of hydrogen-bond donors (Lipinski definition) is 3. The minimum Gasteiger partial charge on any atom is -0.370 e. The maximum Gasteiger partial charge on any atom is 0.282 e. The number of anilines is 1. The van der Waals surface area contributed by atoms with Crippen molar-refractivity contribution in [2.45, 2.75) is 23.8 Å². The molecule has 8 nitrogen and oxygen atoms in total. The van der Waals surface area contributed by atoms with E-state index >= 15 is 0 Å². The van der Waals surface area contributed by atoms with E-state index in [1.54, 1.807) is 0 Å². The number of carbonyl (C=O) groups excluding carboxylic acids is 1. The molecule has 1 amide bonds. The van der Waals surface area contributed by atoms with Gasteiger partial charge in [-0.3, -0.25) is 4.79 Å². The van der Waals surface area contributed by atoms with E-state index in [4.69, 9.17) is 17.2 Å². The Kier molecular flexibility index (Phi) is 4.90. The monoisotopic (exact) mass is 339 g/mol. The Morgan fingerprint density at radius 2 is 1.87 bits per heavy atom. The normalized spacial score (nSPS) is 16.2. The first-order valence-corrected chi connectivity index (χ1v) is 9.07. The number of rotatable bonds is 3. The second-order valence-electron chi connectivity index (χ2n) is 5.59. The summed E-state index contributed by atoms with van der Waals surface area (Å²) in [5, 5.41) is 0. The van der Waals surface area contributed by atoms with Crippen molar-refractivity contribution in [1.82, 2.24) is 0 Å². The number of benzene rings is 1. The van der Waals surface area contributed by atoms with Gasteiger partial charge >= 0.3 is 0 Å². The van der Waals surface area contributed by atoms with Crippen LogP contribution in [0.25, 0.3) is 0 Å². The van der Waals surface area contributed by atoms with E-state index in [0.29, 0.717) is 31.6 Å². The molecule has 1 aliphatic rings. The highest BCUT2D eigenvalue weighted by molar-refractivity contribution is 7.90. The Hall–Kier alpha value is -2.13. The summed E-state index contributed by atoms with van der Waals surface area (Å²) in [7, 11) is -3.52. The third-order valence-corrected chi connectivity index (χ3v) is 4.84. The first kappa shape index (κ1) is 17.2. The topological polar surface area (TPSA) is 145 Å². The number of para-hydroxylation sites is 1. The van der Waals surface area contributed by atoms with Crippen LogP contribution in [0.5, 0.6) is 0 Å². The van der Waals surface area contributed by atoms with Crippen molar-refractivity contribution in [1.29, 1.82) is 0 Å². The fourth-order valence-corrected chi connectivity index (χ4v) is 3.54. The van der Waals surface area contributed by atoms with Gasteiger partial charge in [-0.05, 0) is 25.0 Å². The number of nitrogens with zero attached hydrogens (tertiary/aromatic N) is 2. The van der Waals surface area contributed by atoms with E-state index in [0.717, 1.165) is 6.26 Å². The number of aliphatic imine (C=N–C) groups is 1. The summed E-state index contributed by atoms with van der Waals surface area (Å²) in [5.74, 6) is -1.04. The van der Waals surface area contributed by atoms with Crippen molar-refractivity contribution in [3.8, 4) is 0 Å². The van der Waals surface area contributed by atoms with Crippen LogP contribution in [0.2, 0.25) is 0 Å². The van der Waals surface area contributed by atoms with E-state index < -0.39 is 15.7 Å². The van der Waals surface area contributed by atoms with Crippen LogP contribution in [0.15, 0.2) is 28.1 Å². The largest absolute Gasteiger partial charge is 0.370 e. The predicted molar refractivity (Wildman–Crippen MR) is 89.1 cm³/mol. The summed E-state index contributed by atoms with van der Waals surface area (Å²) in [6.07, 6.45) is 2.54. The smallest absolute Gasteiger partial charge is 0.282 e. The molecule has 1 aromatic carbocycles. The second kappa shape index (κ2) is 6.55. The molecule has 2 rings (SSSR count). The van der Waals surface area contributed by atoms with Crippen LogP contribution in [-0.2, 0) is 9.84 Å². The fraction of sp³-hybridized carbons (Fsp3) is 0.429. The molecule has 0 unspecified atom stereocenters. The molecule has 1 aromatic rings. The summed E-state index contributed by atoms with van der Waals surface area (Å²) in [5.41, 5.74) is 16.9. The molecule has 1 fully saturated rings. The molecule has 1 heterocycles. The van der Waals surface area contributed by atoms with Crippen molar-refractivity contribution >= 4 is 27.4 Å². The van der Waals surface area contributed by atoms with Crippen molar-refractivity contribution in [2.24, 2.45) is 22.2 Å². The molecule has 9 heteroatoms. The van der Waals surface area contributed by atoms with Gasteiger partial charge in [-0.1, -0.05) is 6.07 Å². The second-order valence-corrected chi connectivity index (χ2v) is 7.57. The molecule has 6 N–H and O–H groups in total. The molecule has 0 saturated carbocycles. The molecule has 0 radical (unpaired) electrons. The quantitative estimate of drug-likeness (QED) is 0.494. The van der Waals surface area contributed by atoms with E-state index in [-0.39, 0.29) is 22.5 Å². The molecule has 1 saturated heterocycles. The van der Waals surface area contributed by atoms with Crippen LogP contribution >= 0.6 is 0 Å². The lowest BCUT2D eigenvalue weighted by Crippen LogP contribution is -2.40. The van der Waals surface area contributed by atoms with Gasteiger partial charge in [-0.2, -0.15) is 4.99 Å². The lowest BCUT2D eigenvalue weighted by atomic mass is 10.0. The Morgan fingerprint density at radius 3 is 2.39 bits per heavy atom. The van der Waals surface area contributed by atoms with Gasteiger partial charge in [0.2, 0.25) is 0 Å². The van der Waals surface area contributed by atoms with Crippen molar-refractivity contribution in [3.63, 3.8) is 0 Å². The number of hydrogen-bond acceptors (Lipinski definition) is 5. The highest BCUT2D eigenvalue weighted by Crippen LogP contribution is 2.32. The SMILES string of the molecule is CS(=O)(=O)c1cccc(C(=O)N=C(N)N)c1N1CCC(N)CC1. The summed E-state index contributed by atoms with van der Waals surface area (Å²) < 4.78 is 24.2. The van der Waals surface area contributed by atoms with E-state index in [1.165, 1.54) is 18.2 Å². The molecule has 0 spiro atoms. The molecule has 0 aromatic heterocycles. The van der Waals surface area contributed by atoms with E-state index in [9.17, 15) is 13.2 Å². The Labute approximate surface area is 135 Å². The lowest BCUT2D eigenvalue weighted by Gasteiger charge is -2.34. The zero-order valence-electron chi connectivity index (χ0n) is 12.9. The lowest BCUT2D eigenvalue weighted by molar-refractivity contribution is 0.100. The molecule has 0 bridgehead atoms. The van der Waals surface area contributed by atoms with Crippen LogP contribution in [0.4, 0.5) is 5.69 Å². The van der Waals surface area contributed by atoms with Gasteiger partial charge in [-0.15, -0.1) is 0 Å². The number of nitrogens with two attached hydrogens (primary N) is 3. The van der Waals surface area contributed by atoms with Gasteiger partial charge in [0.25, 0.3) is 5.91 Å². The number of amides is 1. The van der Waals surface area contributed by atoms with Crippen molar-refractivity contribution in [3.05, 3.63) is 23.8 Å². The maximum absolute atomic E-state index is 12.3. The first-order valence-electron chi connectivity index (χ1n) is 7.17. The third-order valence-electron chi connectivity index (χ3n) is 3.72. The van der Waals surface area contributed by atoms with Crippen LogP contribution in [0.1, 0.15) is 23.2 Å². The molecular weight excluding hydrogens is 318 g/mol. The van der Waals surface area contributed by atoms with Gasteiger partial charge < -0.3 is 22.1 Å². The minimum absolute atomic E-state index is 0.0773. The summed E-state index contributed by atoms with van der Waals surface area (Å²) in [4.78, 5) is 17.7. The van der Waals surface area contributed by atoms with Crippen LogP contribution in [0, 0.1) is 0 Å². The molecule has 0 aliphatic carbocycles. The van der Waals surface area contributed by atoms with Gasteiger partial charge in [0.05, 0.1) is 16.1 Å². The molecule has 1 aliphatic heterocycles. The van der Waals surface area contributed by atoms with Crippen LogP contribution < -0.4 is 22.1 Å². The highest BCUT2D eigenvalue weighted by Gasteiger charge is 2.27.